The maximum atomic E-state index is 12.8. The molecule has 0 aliphatic rings. The minimum atomic E-state index is -0.763. The van der Waals surface area contributed by atoms with Gasteiger partial charge in [-0.1, -0.05) is 279 Å². The SMILES string of the molecule is CCCCCCCCCCCCCCCCCCCCC(=O)O[C@H](COC(=O)CCCCCCCCCCCCCCC(C)C)COC(=O)CCCCCCCCCCC(C)CC. The number of unbranched alkanes of at least 4 members (excludes halogenated alkanes) is 35. The number of carbonyl (C=O) groups excluding carboxylic acids is 3. The normalized spacial score (nSPS) is 12.5. The van der Waals surface area contributed by atoms with E-state index in [0.717, 1.165) is 69.6 Å². The molecule has 0 fully saturated rings. The number of hydrogen-bond acceptors (Lipinski definition) is 6. The van der Waals surface area contributed by atoms with Crippen LogP contribution < -0.4 is 0 Å². The molecule has 0 radical (unpaired) electrons. The second-order valence-corrected chi connectivity index (χ2v) is 20.3. The minimum Gasteiger partial charge on any atom is -0.462 e. The molecule has 6 heteroatoms. The Labute approximate surface area is 393 Å². The van der Waals surface area contributed by atoms with Crippen molar-refractivity contribution in [3.8, 4) is 0 Å². The second kappa shape index (κ2) is 49.8. The van der Waals surface area contributed by atoms with Crippen molar-refractivity contribution in [3.63, 3.8) is 0 Å². The highest BCUT2D eigenvalue weighted by Gasteiger charge is 2.19. The summed E-state index contributed by atoms with van der Waals surface area (Å²) < 4.78 is 16.9. The van der Waals surface area contributed by atoms with Crippen LogP contribution >= 0.6 is 0 Å². The Balaban J connectivity index is 4.29. The van der Waals surface area contributed by atoms with Crippen LogP contribution in [0.1, 0.15) is 317 Å². The Kier molecular flexibility index (Phi) is 48.6. The summed E-state index contributed by atoms with van der Waals surface area (Å²) >= 11 is 0. The van der Waals surface area contributed by atoms with Gasteiger partial charge in [-0.05, 0) is 31.1 Å². The molecule has 63 heavy (non-hydrogen) atoms. The van der Waals surface area contributed by atoms with E-state index in [1.54, 1.807) is 0 Å². The fourth-order valence-corrected chi connectivity index (χ4v) is 8.66. The minimum absolute atomic E-state index is 0.0634. The molecule has 0 heterocycles. The topological polar surface area (TPSA) is 78.9 Å². The van der Waals surface area contributed by atoms with E-state index in [0.29, 0.717) is 19.3 Å². The quantitative estimate of drug-likeness (QED) is 0.0344. The first-order valence-corrected chi connectivity index (χ1v) is 28.3. The summed E-state index contributed by atoms with van der Waals surface area (Å²) in [6.45, 7) is 11.4. The average Bonchev–Trinajstić information content (AvgIpc) is 3.27. The van der Waals surface area contributed by atoms with Gasteiger partial charge in [0.2, 0.25) is 0 Å². The van der Waals surface area contributed by atoms with Gasteiger partial charge in [-0.15, -0.1) is 0 Å². The number of hydrogen-bond donors (Lipinski definition) is 0. The van der Waals surface area contributed by atoms with Gasteiger partial charge in [0, 0.05) is 19.3 Å². The second-order valence-electron chi connectivity index (χ2n) is 20.3. The van der Waals surface area contributed by atoms with Crippen molar-refractivity contribution in [2.24, 2.45) is 11.8 Å². The van der Waals surface area contributed by atoms with E-state index in [4.69, 9.17) is 14.2 Å². The molecule has 0 rings (SSSR count). The molecular formula is C57H110O6. The van der Waals surface area contributed by atoms with E-state index in [1.165, 1.54) is 205 Å². The predicted octanol–water partition coefficient (Wildman–Crippen LogP) is 18.5. The summed E-state index contributed by atoms with van der Waals surface area (Å²) in [5, 5.41) is 0. The highest BCUT2D eigenvalue weighted by molar-refractivity contribution is 5.71. The largest absolute Gasteiger partial charge is 0.462 e. The Hall–Kier alpha value is -1.59. The third-order valence-corrected chi connectivity index (χ3v) is 13.3. The summed E-state index contributed by atoms with van der Waals surface area (Å²) in [5.74, 6) is 0.838. The molecule has 0 bridgehead atoms. The van der Waals surface area contributed by atoms with Crippen LogP contribution in [0.3, 0.4) is 0 Å². The Morgan fingerprint density at radius 3 is 0.905 bits per heavy atom. The Morgan fingerprint density at radius 2 is 0.603 bits per heavy atom. The molecule has 6 nitrogen and oxygen atoms in total. The zero-order chi connectivity index (χ0) is 46.1. The molecule has 0 N–H and O–H groups in total. The van der Waals surface area contributed by atoms with Crippen molar-refractivity contribution in [2.45, 2.75) is 323 Å². The lowest BCUT2D eigenvalue weighted by Gasteiger charge is -2.18. The van der Waals surface area contributed by atoms with Crippen LogP contribution in [0.15, 0.2) is 0 Å². The number of carbonyl (C=O) groups is 3. The van der Waals surface area contributed by atoms with E-state index in [9.17, 15) is 14.4 Å². The first kappa shape index (κ1) is 61.4. The van der Waals surface area contributed by atoms with Gasteiger partial charge >= 0.3 is 17.9 Å². The highest BCUT2D eigenvalue weighted by atomic mass is 16.6. The predicted molar refractivity (Wildman–Crippen MR) is 270 cm³/mol. The molecule has 0 aliphatic heterocycles. The van der Waals surface area contributed by atoms with Gasteiger partial charge in [0.15, 0.2) is 6.10 Å². The molecule has 0 aliphatic carbocycles. The molecule has 0 spiro atoms. The molecule has 374 valence electrons. The van der Waals surface area contributed by atoms with Crippen molar-refractivity contribution in [1.82, 2.24) is 0 Å². The van der Waals surface area contributed by atoms with Gasteiger partial charge in [0.1, 0.15) is 13.2 Å². The van der Waals surface area contributed by atoms with E-state index in [1.807, 2.05) is 0 Å². The van der Waals surface area contributed by atoms with Crippen LogP contribution in [0, 0.1) is 11.8 Å². The monoisotopic (exact) mass is 891 g/mol. The average molecular weight is 892 g/mol. The third-order valence-electron chi connectivity index (χ3n) is 13.3. The maximum absolute atomic E-state index is 12.8. The molecule has 0 aromatic heterocycles. The van der Waals surface area contributed by atoms with E-state index in [2.05, 4.69) is 34.6 Å². The van der Waals surface area contributed by atoms with Crippen molar-refractivity contribution in [2.75, 3.05) is 13.2 Å². The van der Waals surface area contributed by atoms with Crippen LogP contribution in [0.5, 0.6) is 0 Å². The van der Waals surface area contributed by atoms with Crippen molar-refractivity contribution in [3.05, 3.63) is 0 Å². The van der Waals surface area contributed by atoms with Crippen LogP contribution in [0.2, 0.25) is 0 Å². The molecule has 0 saturated heterocycles. The van der Waals surface area contributed by atoms with Gasteiger partial charge in [0.25, 0.3) is 0 Å². The van der Waals surface area contributed by atoms with Crippen molar-refractivity contribution >= 4 is 17.9 Å². The summed E-state index contributed by atoms with van der Waals surface area (Å²) in [6, 6.07) is 0. The zero-order valence-corrected chi connectivity index (χ0v) is 43.2. The lowest BCUT2D eigenvalue weighted by atomic mass is 9.99. The smallest absolute Gasteiger partial charge is 0.306 e. The lowest BCUT2D eigenvalue weighted by molar-refractivity contribution is -0.167. The summed E-state index contributed by atoms with van der Waals surface area (Å²) in [6.07, 6.45) is 52.3. The van der Waals surface area contributed by atoms with Crippen LogP contribution in [0.4, 0.5) is 0 Å². The molecule has 0 saturated carbocycles. The zero-order valence-electron chi connectivity index (χ0n) is 43.2. The van der Waals surface area contributed by atoms with E-state index < -0.39 is 6.10 Å². The van der Waals surface area contributed by atoms with Gasteiger partial charge in [-0.25, -0.2) is 0 Å². The standard InChI is InChI=1S/C57H110O6/c1-6-8-9-10-11-12-13-14-15-16-17-18-19-24-27-34-39-44-49-57(60)63-54(51-62-56(59)48-43-38-33-29-28-31-36-41-46-53(5)7-2)50-61-55(58)47-42-37-32-26-23-21-20-22-25-30-35-40-45-52(3)4/h52-54H,6-51H2,1-5H3/t53?,54-/m1/s1. The lowest BCUT2D eigenvalue weighted by Crippen LogP contribution is -2.30. The summed E-state index contributed by atoms with van der Waals surface area (Å²) in [4.78, 5) is 38.1. The Bertz CT molecular complexity index is 964. The van der Waals surface area contributed by atoms with Gasteiger partial charge in [-0.2, -0.15) is 0 Å². The van der Waals surface area contributed by atoms with Gasteiger partial charge < -0.3 is 14.2 Å². The number of rotatable bonds is 51. The fraction of sp³-hybridized carbons (Fsp3) is 0.947. The van der Waals surface area contributed by atoms with Gasteiger partial charge in [0.05, 0.1) is 0 Å². The fourth-order valence-electron chi connectivity index (χ4n) is 8.66. The molecule has 0 aromatic rings. The van der Waals surface area contributed by atoms with Crippen LogP contribution in [-0.2, 0) is 28.6 Å². The summed E-state index contributed by atoms with van der Waals surface area (Å²) in [7, 11) is 0. The van der Waals surface area contributed by atoms with Crippen molar-refractivity contribution < 1.29 is 28.6 Å². The van der Waals surface area contributed by atoms with E-state index in [-0.39, 0.29) is 31.1 Å². The Morgan fingerprint density at radius 1 is 0.333 bits per heavy atom. The van der Waals surface area contributed by atoms with E-state index >= 15 is 0 Å². The van der Waals surface area contributed by atoms with Crippen molar-refractivity contribution in [1.29, 1.82) is 0 Å². The maximum Gasteiger partial charge on any atom is 0.306 e. The van der Waals surface area contributed by atoms with Crippen LogP contribution in [-0.4, -0.2) is 37.2 Å². The first-order chi connectivity index (χ1) is 30.8. The summed E-state index contributed by atoms with van der Waals surface area (Å²) in [5.41, 5.74) is 0. The highest BCUT2D eigenvalue weighted by Crippen LogP contribution is 2.18. The first-order valence-electron chi connectivity index (χ1n) is 28.3. The molecule has 0 amide bonds. The molecule has 2 atom stereocenters. The van der Waals surface area contributed by atoms with Gasteiger partial charge in [-0.3, -0.25) is 14.4 Å². The molecule has 0 aromatic carbocycles. The number of ether oxygens (including phenoxy) is 3. The third kappa shape index (κ3) is 49.7. The molecular weight excluding hydrogens is 781 g/mol. The van der Waals surface area contributed by atoms with Crippen LogP contribution in [0.25, 0.3) is 0 Å². The molecule has 1 unspecified atom stereocenters. The number of esters is 3.